The van der Waals surface area contributed by atoms with Crippen LogP contribution in [0, 0.1) is 24.7 Å². The number of amides is 1. The number of aryl methyl sites for hydroxylation is 1. The lowest BCUT2D eigenvalue weighted by atomic mass is 9.82. The van der Waals surface area contributed by atoms with Gasteiger partial charge in [0, 0.05) is 43.6 Å². The molecule has 1 amide bonds. The Labute approximate surface area is 141 Å². The highest BCUT2D eigenvalue weighted by Crippen LogP contribution is 2.35. The molecule has 3 atom stereocenters. The molecule has 2 aliphatic heterocycles. The Kier molecular flexibility index (Phi) is 4.39. The van der Waals surface area contributed by atoms with Gasteiger partial charge in [-0.3, -0.25) is 9.69 Å². The van der Waals surface area contributed by atoms with E-state index in [1.54, 1.807) is 11.3 Å². The lowest BCUT2D eigenvalue weighted by Crippen LogP contribution is -2.52. The fourth-order valence-corrected chi connectivity index (χ4v) is 4.66. The van der Waals surface area contributed by atoms with Crippen LogP contribution in [0.2, 0.25) is 0 Å². The van der Waals surface area contributed by atoms with Gasteiger partial charge in [-0.05, 0) is 32.1 Å². The number of nitrogens with one attached hydrogen (secondary N) is 1. The van der Waals surface area contributed by atoms with Crippen molar-refractivity contribution in [2.24, 2.45) is 17.8 Å². The van der Waals surface area contributed by atoms with Gasteiger partial charge in [-0.2, -0.15) is 0 Å². The molecule has 1 saturated carbocycles. The lowest BCUT2D eigenvalue weighted by Gasteiger charge is -2.39. The third-order valence-corrected chi connectivity index (χ3v) is 6.40. The predicted molar refractivity (Wildman–Crippen MR) is 89.2 cm³/mol. The van der Waals surface area contributed by atoms with Gasteiger partial charge in [0.25, 0.3) is 0 Å². The molecule has 1 aromatic rings. The first-order valence-electron chi connectivity index (χ1n) is 8.71. The number of likely N-dealkylation sites (tertiary alicyclic amines) is 1. The summed E-state index contributed by atoms with van der Waals surface area (Å²) >= 11 is 1.71. The summed E-state index contributed by atoms with van der Waals surface area (Å²) in [4.78, 5) is 20.7. The molecule has 126 valence electrons. The SMILES string of the molecule is Cc1ncsc1CN1C[C@H]2OCC[C@H]2[C@H](C(=O)NCC2CC2)C1. The highest BCUT2D eigenvalue weighted by molar-refractivity contribution is 7.09. The largest absolute Gasteiger partial charge is 0.377 e. The maximum absolute atomic E-state index is 12.7. The van der Waals surface area contributed by atoms with Crippen molar-refractivity contribution >= 4 is 17.2 Å². The minimum Gasteiger partial charge on any atom is -0.377 e. The number of aromatic nitrogens is 1. The van der Waals surface area contributed by atoms with Crippen molar-refractivity contribution in [3.63, 3.8) is 0 Å². The van der Waals surface area contributed by atoms with Crippen LogP contribution in [-0.2, 0) is 16.1 Å². The zero-order valence-electron chi connectivity index (χ0n) is 13.7. The number of carbonyl (C=O) groups is 1. The van der Waals surface area contributed by atoms with E-state index in [2.05, 4.69) is 22.1 Å². The summed E-state index contributed by atoms with van der Waals surface area (Å²) in [5.41, 5.74) is 3.02. The molecule has 1 N–H and O–H groups in total. The minimum atomic E-state index is 0.0724. The highest BCUT2D eigenvalue weighted by Gasteiger charge is 2.44. The van der Waals surface area contributed by atoms with Gasteiger partial charge in [-0.1, -0.05) is 0 Å². The maximum atomic E-state index is 12.7. The Morgan fingerprint density at radius 2 is 2.30 bits per heavy atom. The molecule has 0 radical (unpaired) electrons. The summed E-state index contributed by atoms with van der Waals surface area (Å²) < 4.78 is 5.92. The summed E-state index contributed by atoms with van der Waals surface area (Å²) in [6.45, 7) is 6.39. The number of hydrogen-bond donors (Lipinski definition) is 1. The number of carbonyl (C=O) groups excluding carboxylic acids is 1. The number of hydrogen-bond acceptors (Lipinski definition) is 5. The Morgan fingerprint density at radius 1 is 1.43 bits per heavy atom. The molecule has 2 saturated heterocycles. The Morgan fingerprint density at radius 3 is 3.04 bits per heavy atom. The molecule has 0 unspecified atom stereocenters. The first-order chi connectivity index (χ1) is 11.2. The van der Waals surface area contributed by atoms with Crippen LogP contribution < -0.4 is 5.32 Å². The van der Waals surface area contributed by atoms with Crippen molar-refractivity contribution in [2.75, 3.05) is 26.2 Å². The topological polar surface area (TPSA) is 54.5 Å². The molecule has 3 fully saturated rings. The molecular weight excluding hydrogens is 310 g/mol. The Bertz CT molecular complexity index is 572. The van der Waals surface area contributed by atoms with Gasteiger partial charge in [0.1, 0.15) is 0 Å². The quantitative estimate of drug-likeness (QED) is 0.892. The van der Waals surface area contributed by atoms with E-state index in [9.17, 15) is 4.79 Å². The second kappa shape index (κ2) is 6.49. The summed E-state index contributed by atoms with van der Waals surface area (Å²) in [6, 6.07) is 0. The van der Waals surface area contributed by atoms with E-state index in [4.69, 9.17) is 4.74 Å². The van der Waals surface area contributed by atoms with Gasteiger partial charge >= 0.3 is 0 Å². The molecule has 0 bridgehead atoms. The van der Waals surface area contributed by atoms with Gasteiger partial charge in [0.15, 0.2) is 0 Å². The number of piperidine rings is 1. The van der Waals surface area contributed by atoms with Crippen molar-refractivity contribution in [2.45, 2.75) is 38.8 Å². The minimum absolute atomic E-state index is 0.0724. The number of ether oxygens (including phenoxy) is 1. The van der Waals surface area contributed by atoms with E-state index in [1.165, 1.54) is 17.7 Å². The van der Waals surface area contributed by atoms with Gasteiger partial charge in [-0.15, -0.1) is 11.3 Å². The van der Waals surface area contributed by atoms with Crippen LogP contribution in [0.3, 0.4) is 0 Å². The molecule has 3 aliphatic rings. The van der Waals surface area contributed by atoms with Crippen LogP contribution in [0.15, 0.2) is 5.51 Å². The first kappa shape index (κ1) is 15.5. The Balaban J connectivity index is 1.43. The van der Waals surface area contributed by atoms with Crippen LogP contribution in [0.4, 0.5) is 0 Å². The molecular formula is C17H25N3O2S. The summed E-state index contributed by atoms with van der Waals surface area (Å²) in [5.74, 6) is 1.44. The van der Waals surface area contributed by atoms with Crippen molar-refractivity contribution in [3.05, 3.63) is 16.1 Å². The number of rotatable bonds is 5. The van der Waals surface area contributed by atoms with Crippen LogP contribution >= 0.6 is 11.3 Å². The number of thiazole rings is 1. The summed E-state index contributed by atoms with van der Waals surface area (Å²) in [6.07, 6.45) is 3.79. The predicted octanol–water partition coefficient (Wildman–Crippen LogP) is 1.81. The summed E-state index contributed by atoms with van der Waals surface area (Å²) in [7, 11) is 0. The molecule has 1 aromatic heterocycles. The number of fused-ring (bicyclic) bond motifs is 1. The third kappa shape index (κ3) is 3.44. The highest BCUT2D eigenvalue weighted by atomic mass is 32.1. The lowest BCUT2D eigenvalue weighted by molar-refractivity contribution is -0.131. The maximum Gasteiger partial charge on any atom is 0.224 e. The molecule has 4 rings (SSSR count). The average molecular weight is 335 g/mol. The molecule has 0 spiro atoms. The zero-order valence-corrected chi connectivity index (χ0v) is 14.5. The molecule has 0 aromatic carbocycles. The fraction of sp³-hybridized carbons (Fsp3) is 0.765. The second-order valence-electron chi connectivity index (χ2n) is 7.21. The smallest absolute Gasteiger partial charge is 0.224 e. The van der Waals surface area contributed by atoms with Crippen LogP contribution in [0.1, 0.15) is 29.8 Å². The normalized spacial score (nSPS) is 31.1. The molecule has 6 heteroatoms. The van der Waals surface area contributed by atoms with Gasteiger partial charge in [0.2, 0.25) is 5.91 Å². The monoisotopic (exact) mass is 335 g/mol. The van der Waals surface area contributed by atoms with Crippen molar-refractivity contribution in [1.29, 1.82) is 0 Å². The standard InChI is InChI=1S/C17H25N3O2S/c1-11-16(23-10-19-11)9-20-7-14(13-4-5-22-15(13)8-20)17(21)18-6-12-2-3-12/h10,12-15H,2-9H2,1H3,(H,18,21)/t13-,14+,15+/m0/s1. The van der Waals surface area contributed by atoms with E-state index < -0.39 is 0 Å². The molecule has 5 nitrogen and oxygen atoms in total. The van der Waals surface area contributed by atoms with E-state index in [0.29, 0.717) is 5.92 Å². The van der Waals surface area contributed by atoms with E-state index in [-0.39, 0.29) is 17.9 Å². The van der Waals surface area contributed by atoms with Crippen molar-refractivity contribution in [1.82, 2.24) is 15.2 Å². The average Bonchev–Trinajstić information content (AvgIpc) is 3.11. The Hall–Kier alpha value is -0.980. The van der Waals surface area contributed by atoms with Gasteiger partial charge in [0.05, 0.1) is 23.2 Å². The zero-order chi connectivity index (χ0) is 15.8. The van der Waals surface area contributed by atoms with Gasteiger partial charge < -0.3 is 10.1 Å². The second-order valence-corrected chi connectivity index (χ2v) is 8.15. The molecule has 23 heavy (non-hydrogen) atoms. The summed E-state index contributed by atoms with van der Waals surface area (Å²) in [5, 5.41) is 3.19. The first-order valence-corrected chi connectivity index (χ1v) is 9.59. The third-order valence-electron chi connectivity index (χ3n) is 5.48. The number of nitrogens with zero attached hydrogens (tertiary/aromatic N) is 2. The van der Waals surface area contributed by atoms with E-state index in [0.717, 1.165) is 50.8 Å². The molecule has 3 heterocycles. The molecule has 1 aliphatic carbocycles. The van der Waals surface area contributed by atoms with Crippen LogP contribution in [-0.4, -0.2) is 48.1 Å². The van der Waals surface area contributed by atoms with Crippen molar-refractivity contribution < 1.29 is 9.53 Å². The fourth-order valence-electron chi connectivity index (χ4n) is 3.84. The van der Waals surface area contributed by atoms with E-state index in [1.807, 2.05) is 5.51 Å². The van der Waals surface area contributed by atoms with E-state index >= 15 is 0 Å². The van der Waals surface area contributed by atoms with Crippen LogP contribution in [0.25, 0.3) is 0 Å². The van der Waals surface area contributed by atoms with Crippen molar-refractivity contribution in [3.8, 4) is 0 Å². The van der Waals surface area contributed by atoms with Crippen LogP contribution in [0.5, 0.6) is 0 Å². The van der Waals surface area contributed by atoms with Gasteiger partial charge in [-0.25, -0.2) is 4.98 Å².